The average molecular weight is 484 g/mol. The van der Waals surface area contributed by atoms with E-state index in [1.54, 1.807) is 18.3 Å². The average Bonchev–Trinajstić information content (AvgIpc) is 2.87. The summed E-state index contributed by atoms with van der Waals surface area (Å²) in [5.74, 6) is -0.312. The molecule has 0 aliphatic rings. The van der Waals surface area contributed by atoms with Crippen molar-refractivity contribution < 1.29 is 14.7 Å². The number of carbonyl (C=O) groups is 2. The number of pyridine rings is 1. The lowest BCUT2D eigenvalue weighted by Crippen LogP contribution is -2.22. The molecule has 2 heterocycles. The summed E-state index contributed by atoms with van der Waals surface area (Å²) in [7, 11) is 0. The SMILES string of the molecule is CC(C)(C)C(=O)Cc1ncccc1-c1cccc(CCn2cnc3ccc(C(=O)CO)cc3c2=O)c1. The highest BCUT2D eigenvalue weighted by Gasteiger charge is 2.23. The van der Waals surface area contributed by atoms with Crippen molar-refractivity contribution >= 4 is 22.5 Å². The first-order valence-corrected chi connectivity index (χ1v) is 11.9. The normalized spacial score (nSPS) is 11.6. The number of benzene rings is 2. The second kappa shape index (κ2) is 10.3. The van der Waals surface area contributed by atoms with Gasteiger partial charge in [0.25, 0.3) is 5.56 Å². The third-order valence-corrected chi connectivity index (χ3v) is 6.22. The first-order chi connectivity index (χ1) is 17.2. The van der Waals surface area contributed by atoms with Crippen LogP contribution in [0.4, 0.5) is 0 Å². The maximum absolute atomic E-state index is 13.0. The molecule has 0 atom stereocenters. The van der Waals surface area contributed by atoms with Gasteiger partial charge in [-0.3, -0.25) is 23.9 Å². The zero-order chi connectivity index (χ0) is 25.9. The molecule has 0 saturated heterocycles. The van der Waals surface area contributed by atoms with E-state index in [1.807, 2.05) is 51.1 Å². The fourth-order valence-electron chi connectivity index (χ4n) is 3.99. The van der Waals surface area contributed by atoms with Crippen molar-refractivity contribution in [3.05, 3.63) is 94.3 Å². The summed E-state index contributed by atoms with van der Waals surface area (Å²) < 4.78 is 1.53. The van der Waals surface area contributed by atoms with E-state index in [0.717, 1.165) is 22.4 Å². The van der Waals surface area contributed by atoms with Crippen LogP contribution in [0.5, 0.6) is 0 Å². The molecule has 2 aromatic carbocycles. The second-order valence-electron chi connectivity index (χ2n) is 9.85. The highest BCUT2D eigenvalue weighted by Crippen LogP contribution is 2.26. The Morgan fingerprint density at radius 1 is 1.00 bits per heavy atom. The second-order valence-corrected chi connectivity index (χ2v) is 9.85. The minimum absolute atomic E-state index is 0.130. The van der Waals surface area contributed by atoms with Crippen LogP contribution in [0.15, 0.2) is 71.9 Å². The molecule has 4 rings (SSSR count). The van der Waals surface area contributed by atoms with Crippen LogP contribution < -0.4 is 5.56 Å². The van der Waals surface area contributed by atoms with Gasteiger partial charge >= 0.3 is 0 Å². The Balaban J connectivity index is 1.58. The van der Waals surface area contributed by atoms with Gasteiger partial charge in [0.15, 0.2) is 5.78 Å². The Morgan fingerprint density at radius 3 is 2.56 bits per heavy atom. The Bertz CT molecular complexity index is 1500. The van der Waals surface area contributed by atoms with E-state index in [1.165, 1.54) is 17.0 Å². The minimum Gasteiger partial charge on any atom is -0.388 e. The fraction of sp³-hybridized carbons (Fsp3) is 0.276. The number of carbonyl (C=O) groups excluding carboxylic acids is 2. The van der Waals surface area contributed by atoms with Crippen LogP contribution in [-0.2, 0) is 24.2 Å². The topological polar surface area (TPSA) is 102 Å². The lowest BCUT2D eigenvalue weighted by atomic mass is 9.87. The minimum atomic E-state index is -0.612. The van der Waals surface area contributed by atoms with Gasteiger partial charge in [0.05, 0.1) is 22.9 Å². The number of aryl methyl sites for hydroxylation is 2. The molecule has 0 aliphatic carbocycles. The molecule has 36 heavy (non-hydrogen) atoms. The molecule has 0 spiro atoms. The molecular formula is C29H29N3O4. The van der Waals surface area contributed by atoms with E-state index in [2.05, 4.69) is 16.0 Å². The third-order valence-electron chi connectivity index (χ3n) is 6.22. The lowest BCUT2D eigenvalue weighted by molar-refractivity contribution is -0.125. The number of Topliss-reactive ketones (excluding diaryl/α,β-unsaturated/α-hetero) is 2. The maximum atomic E-state index is 13.0. The number of hydrogen-bond acceptors (Lipinski definition) is 6. The van der Waals surface area contributed by atoms with E-state index >= 15 is 0 Å². The molecule has 1 N–H and O–H groups in total. The summed E-state index contributed by atoms with van der Waals surface area (Å²) in [4.78, 5) is 46.4. The highest BCUT2D eigenvalue weighted by atomic mass is 16.3. The number of aromatic nitrogens is 3. The van der Waals surface area contributed by atoms with Gasteiger partial charge in [-0.2, -0.15) is 0 Å². The lowest BCUT2D eigenvalue weighted by Gasteiger charge is -2.17. The molecule has 2 aromatic heterocycles. The van der Waals surface area contributed by atoms with Crippen molar-refractivity contribution in [2.75, 3.05) is 6.61 Å². The van der Waals surface area contributed by atoms with Crippen LogP contribution >= 0.6 is 0 Å². The molecule has 4 aromatic rings. The van der Waals surface area contributed by atoms with E-state index in [0.29, 0.717) is 23.9 Å². The van der Waals surface area contributed by atoms with Gasteiger partial charge in [-0.15, -0.1) is 0 Å². The van der Waals surface area contributed by atoms with Crippen LogP contribution in [0.1, 0.15) is 42.4 Å². The molecule has 0 unspecified atom stereocenters. The van der Waals surface area contributed by atoms with Crippen molar-refractivity contribution in [1.82, 2.24) is 14.5 Å². The Kier molecular flexibility index (Phi) is 7.22. The summed E-state index contributed by atoms with van der Waals surface area (Å²) in [6.07, 6.45) is 4.08. The zero-order valence-corrected chi connectivity index (χ0v) is 20.7. The summed E-state index contributed by atoms with van der Waals surface area (Å²) in [6.45, 7) is 5.53. The summed E-state index contributed by atoms with van der Waals surface area (Å²) >= 11 is 0. The molecule has 7 nitrogen and oxygen atoms in total. The van der Waals surface area contributed by atoms with E-state index in [9.17, 15) is 14.4 Å². The van der Waals surface area contributed by atoms with Crippen molar-refractivity contribution in [3.8, 4) is 11.1 Å². The summed E-state index contributed by atoms with van der Waals surface area (Å²) in [5, 5.41) is 9.47. The number of aliphatic hydroxyl groups is 1. The first kappa shape index (κ1) is 25.1. The van der Waals surface area contributed by atoms with Crippen molar-refractivity contribution in [2.24, 2.45) is 5.41 Å². The van der Waals surface area contributed by atoms with Crippen molar-refractivity contribution in [3.63, 3.8) is 0 Å². The molecule has 0 aliphatic heterocycles. The first-order valence-electron chi connectivity index (χ1n) is 11.9. The molecule has 0 saturated carbocycles. The van der Waals surface area contributed by atoms with Crippen LogP contribution in [0, 0.1) is 5.41 Å². The smallest absolute Gasteiger partial charge is 0.261 e. The van der Waals surface area contributed by atoms with E-state index in [4.69, 9.17) is 5.11 Å². The molecule has 0 amide bonds. The predicted octanol–water partition coefficient (Wildman–Crippen LogP) is 4.03. The molecule has 0 bridgehead atoms. The fourth-order valence-corrected chi connectivity index (χ4v) is 3.99. The molecular weight excluding hydrogens is 454 g/mol. The Labute approximate surface area is 209 Å². The van der Waals surface area contributed by atoms with Gasteiger partial charge in [-0.25, -0.2) is 4.98 Å². The van der Waals surface area contributed by atoms with Gasteiger partial charge in [0.2, 0.25) is 0 Å². The number of hydrogen-bond donors (Lipinski definition) is 1. The standard InChI is InChI=1S/C29H29N3O4/c1-29(2,3)27(35)16-25-22(8-5-12-30-25)20-7-4-6-19(14-20)11-13-32-18-31-24-10-9-21(26(34)17-33)15-23(24)28(32)36/h4-10,12,14-15,18,33H,11,13,16-17H2,1-3H3. The highest BCUT2D eigenvalue weighted by molar-refractivity contribution is 5.99. The van der Waals surface area contributed by atoms with Crippen LogP contribution in [0.25, 0.3) is 22.0 Å². The number of nitrogens with zero attached hydrogens (tertiary/aromatic N) is 3. The molecule has 184 valence electrons. The van der Waals surface area contributed by atoms with Crippen LogP contribution in [0.3, 0.4) is 0 Å². The van der Waals surface area contributed by atoms with Gasteiger partial charge in [-0.1, -0.05) is 51.1 Å². The molecule has 7 heteroatoms. The van der Waals surface area contributed by atoms with Gasteiger partial charge in [-0.05, 0) is 41.8 Å². The Hall–Kier alpha value is -3.97. The zero-order valence-electron chi connectivity index (χ0n) is 20.7. The third kappa shape index (κ3) is 5.47. The van der Waals surface area contributed by atoms with Crippen LogP contribution in [0.2, 0.25) is 0 Å². The van der Waals surface area contributed by atoms with Gasteiger partial charge < -0.3 is 5.11 Å². The largest absolute Gasteiger partial charge is 0.388 e. The quantitative estimate of drug-likeness (QED) is 0.380. The number of fused-ring (bicyclic) bond motifs is 1. The van der Waals surface area contributed by atoms with Gasteiger partial charge in [0.1, 0.15) is 12.4 Å². The van der Waals surface area contributed by atoms with E-state index < -0.39 is 17.8 Å². The van der Waals surface area contributed by atoms with Crippen LogP contribution in [-0.4, -0.2) is 37.8 Å². The number of aliphatic hydroxyl groups excluding tert-OH is 1. The molecule has 0 radical (unpaired) electrons. The monoisotopic (exact) mass is 483 g/mol. The number of rotatable bonds is 8. The predicted molar refractivity (Wildman–Crippen MR) is 139 cm³/mol. The van der Waals surface area contributed by atoms with Gasteiger partial charge in [0, 0.05) is 35.7 Å². The summed E-state index contributed by atoms with van der Waals surface area (Å²) in [5.41, 5.74) is 3.77. The van der Waals surface area contributed by atoms with E-state index in [-0.39, 0.29) is 23.3 Å². The maximum Gasteiger partial charge on any atom is 0.261 e. The van der Waals surface area contributed by atoms with Crippen molar-refractivity contribution in [1.29, 1.82) is 0 Å². The number of ketones is 2. The van der Waals surface area contributed by atoms with Crippen molar-refractivity contribution in [2.45, 2.75) is 40.2 Å². The molecule has 0 fully saturated rings. The summed E-state index contributed by atoms with van der Waals surface area (Å²) in [6, 6.07) is 16.5. The Morgan fingerprint density at radius 2 is 1.81 bits per heavy atom.